The molecule has 0 unspecified atom stereocenters. The maximum absolute atomic E-state index is 10.4. The molecule has 0 N–H and O–H groups in total. The second-order valence-electron chi connectivity index (χ2n) is 6.79. The molecular weight excluding hydrogens is 572 g/mol. The lowest BCUT2D eigenvalue weighted by molar-refractivity contribution is 0.463. The molecule has 0 aliphatic rings. The Bertz CT molecular complexity index is 1200. The second-order valence-corrected chi connectivity index (χ2v) is 12.0. The Balaban J connectivity index is 0.000000222. The van der Waals surface area contributed by atoms with Crippen LogP contribution in [-0.4, -0.2) is 13.0 Å². The summed E-state index contributed by atoms with van der Waals surface area (Å²) < 4.78 is 33.4. The van der Waals surface area contributed by atoms with Crippen LogP contribution in [0.3, 0.4) is 0 Å². The fourth-order valence-corrected chi connectivity index (χ4v) is 5.87. The van der Waals surface area contributed by atoms with Crippen LogP contribution in [0.1, 0.15) is 5.56 Å². The quantitative estimate of drug-likeness (QED) is 0.186. The van der Waals surface area contributed by atoms with Gasteiger partial charge in [0.2, 0.25) is 0 Å². The smallest absolute Gasteiger partial charge is 0.166 e. The Hall–Kier alpha value is -1.90. The third kappa shape index (κ3) is 7.05. The molecule has 0 atom stereocenters. The molecule has 0 aromatic heterocycles. The molecule has 4 aromatic carbocycles. The topological polar surface area (TPSA) is 57.2 Å². The third-order valence-corrected chi connectivity index (χ3v) is 8.52. The average Bonchev–Trinajstić information content (AvgIpc) is 2.77. The van der Waals surface area contributed by atoms with Crippen LogP contribution < -0.4 is 0 Å². The zero-order valence-corrected chi connectivity index (χ0v) is 21.9. The van der Waals surface area contributed by atoms with Crippen molar-refractivity contribution in [2.24, 2.45) is 0 Å². The van der Waals surface area contributed by atoms with Gasteiger partial charge in [-0.05, 0) is 79.7 Å². The summed E-state index contributed by atoms with van der Waals surface area (Å²) in [6.07, 6.45) is 0. The molecule has 0 aliphatic heterocycles. The summed E-state index contributed by atoms with van der Waals surface area (Å²) in [5.74, 6) is 0. The Morgan fingerprint density at radius 1 is 0.625 bits per heavy atom. The monoisotopic (exact) mass is 590 g/mol. The van der Waals surface area contributed by atoms with E-state index in [1.54, 1.807) is 12.1 Å². The van der Waals surface area contributed by atoms with E-state index in [9.17, 15) is 13.0 Å². The highest BCUT2D eigenvalue weighted by Crippen LogP contribution is 2.32. The van der Waals surface area contributed by atoms with E-state index in [-0.39, 0.29) is 15.8 Å². The number of aryl methyl sites for hydroxylation is 1. The fourth-order valence-electron chi connectivity index (χ4n) is 2.81. The Morgan fingerprint density at radius 2 is 1.03 bits per heavy atom. The van der Waals surface area contributed by atoms with Crippen LogP contribution in [0, 0.1) is 6.92 Å². The molecule has 3 nitrogen and oxygen atoms in total. The summed E-state index contributed by atoms with van der Waals surface area (Å²) in [6, 6.07) is 33.7. The van der Waals surface area contributed by atoms with Crippen molar-refractivity contribution in [2.75, 3.05) is 0 Å². The van der Waals surface area contributed by atoms with Gasteiger partial charge in [-0.3, -0.25) is 0 Å². The maximum atomic E-state index is 10.4. The van der Waals surface area contributed by atoms with E-state index in [0.717, 1.165) is 14.5 Å². The van der Waals surface area contributed by atoms with Gasteiger partial charge in [0.05, 0.1) is 15.8 Å². The molecule has 0 heterocycles. The van der Waals surface area contributed by atoms with E-state index >= 15 is 0 Å². The first kappa shape index (κ1) is 24.7. The van der Waals surface area contributed by atoms with E-state index in [4.69, 9.17) is 0 Å². The van der Waals surface area contributed by atoms with Crippen LogP contribution in [0.25, 0.3) is 0 Å². The normalized spacial score (nSPS) is 11.0. The van der Waals surface area contributed by atoms with Gasteiger partial charge in [0.15, 0.2) is 14.7 Å². The van der Waals surface area contributed by atoms with Crippen LogP contribution in [-0.2, 0) is 21.0 Å². The fraction of sp³-hybridized carbons (Fsp3) is 0.0400. The Kier molecular flexibility index (Phi) is 8.73. The predicted molar refractivity (Wildman–Crippen MR) is 136 cm³/mol. The molecule has 32 heavy (non-hydrogen) atoms. The minimum atomic E-state index is -4.27. The first-order valence-electron chi connectivity index (χ1n) is 9.57. The lowest BCUT2D eigenvalue weighted by Crippen LogP contribution is -2.04. The van der Waals surface area contributed by atoms with Crippen molar-refractivity contribution in [1.82, 2.24) is 0 Å². The van der Waals surface area contributed by atoms with Gasteiger partial charge in [-0.2, -0.15) is 0 Å². The molecule has 4 aromatic rings. The van der Waals surface area contributed by atoms with Crippen molar-refractivity contribution in [2.45, 2.75) is 26.5 Å². The molecule has 0 spiro atoms. The summed E-state index contributed by atoms with van der Waals surface area (Å²) in [4.78, 5) is 3.81. The van der Waals surface area contributed by atoms with E-state index in [0.29, 0.717) is 0 Å². The van der Waals surface area contributed by atoms with Crippen molar-refractivity contribution in [3.63, 3.8) is 0 Å². The molecule has 0 radical (unpaired) electrons. The minimum absolute atomic E-state index is 0.0728. The van der Waals surface area contributed by atoms with Crippen molar-refractivity contribution < 1.29 is 13.0 Å². The number of benzene rings is 4. The Labute approximate surface area is 208 Å². The van der Waals surface area contributed by atoms with Crippen LogP contribution in [0.15, 0.2) is 132 Å². The van der Waals surface area contributed by atoms with Crippen molar-refractivity contribution >= 4 is 52.9 Å². The second kappa shape index (κ2) is 11.3. The Morgan fingerprint density at radius 3 is 1.44 bits per heavy atom. The SMILES string of the molecule is Brc1ccc([S+](c2ccccc2)c2ccc(Br)cc2)cc1.Cc1ccc(S(=O)(=O)[O-])cc1. The number of halogens is 2. The predicted octanol–water partition coefficient (Wildman–Crippen LogP) is 7.21. The van der Waals surface area contributed by atoms with Gasteiger partial charge in [0.1, 0.15) is 10.1 Å². The van der Waals surface area contributed by atoms with E-state index in [1.165, 1.54) is 26.8 Å². The average molecular weight is 592 g/mol. The largest absolute Gasteiger partial charge is 0.744 e. The standard InChI is InChI=1S/C18H13Br2S.C7H8O3S/c19-14-6-10-17(11-7-14)21(16-4-2-1-3-5-16)18-12-8-15(20)9-13-18;1-6-2-4-7(5-3-6)11(8,9)10/h1-13H;2-5H,1H3,(H,8,9,10)/q+1;/p-1. The molecule has 0 fully saturated rings. The van der Waals surface area contributed by atoms with Crippen LogP contribution >= 0.6 is 31.9 Å². The van der Waals surface area contributed by atoms with E-state index < -0.39 is 10.1 Å². The summed E-state index contributed by atoms with van der Waals surface area (Å²) in [5.41, 5.74) is 0.928. The maximum Gasteiger partial charge on any atom is 0.166 e. The van der Waals surface area contributed by atoms with Gasteiger partial charge in [-0.1, -0.05) is 67.8 Å². The lowest BCUT2D eigenvalue weighted by Gasteiger charge is -2.08. The molecule has 0 saturated carbocycles. The highest BCUT2D eigenvalue weighted by molar-refractivity contribution is 9.10. The third-order valence-electron chi connectivity index (χ3n) is 4.39. The number of hydrogen-bond acceptors (Lipinski definition) is 3. The molecule has 4 rings (SSSR count). The van der Waals surface area contributed by atoms with Crippen molar-refractivity contribution in [1.29, 1.82) is 0 Å². The number of rotatable bonds is 4. The summed E-state index contributed by atoms with van der Waals surface area (Å²) in [5, 5.41) is 0. The first-order valence-corrected chi connectivity index (χ1v) is 13.8. The van der Waals surface area contributed by atoms with Gasteiger partial charge in [-0.15, -0.1) is 0 Å². The van der Waals surface area contributed by atoms with Crippen LogP contribution in [0.4, 0.5) is 0 Å². The highest BCUT2D eigenvalue weighted by Gasteiger charge is 2.28. The van der Waals surface area contributed by atoms with E-state index in [1.807, 2.05) is 6.92 Å². The van der Waals surface area contributed by atoms with Crippen molar-refractivity contribution in [3.8, 4) is 0 Å². The van der Waals surface area contributed by atoms with Crippen molar-refractivity contribution in [3.05, 3.63) is 118 Å². The van der Waals surface area contributed by atoms with Gasteiger partial charge in [-0.25, -0.2) is 8.42 Å². The zero-order chi connectivity index (χ0) is 23.1. The molecule has 0 saturated heterocycles. The van der Waals surface area contributed by atoms with Crippen LogP contribution in [0.2, 0.25) is 0 Å². The number of hydrogen-bond donors (Lipinski definition) is 0. The minimum Gasteiger partial charge on any atom is -0.744 e. The summed E-state index contributed by atoms with van der Waals surface area (Å²) >= 11 is 7.03. The summed E-state index contributed by atoms with van der Waals surface area (Å²) in [7, 11) is -4.34. The highest BCUT2D eigenvalue weighted by atomic mass is 79.9. The summed E-state index contributed by atoms with van der Waals surface area (Å²) in [6.45, 7) is 1.82. The van der Waals surface area contributed by atoms with Gasteiger partial charge < -0.3 is 4.55 Å². The molecule has 0 amide bonds. The van der Waals surface area contributed by atoms with Gasteiger partial charge in [0, 0.05) is 8.95 Å². The molecule has 164 valence electrons. The van der Waals surface area contributed by atoms with Gasteiger partial charge in [0.25, 0.3) is 0 Å². The molecule has 7 heteroatoms. The van der Waals surface area contributed by atoms with Crippen LogP contribution in [0.5, 0.6) is 0 Å². The van der Waals surface area contributed by atoms with Gasteiger partial charge >= 0.3 is 0 Å². The first-order chi connectivity index (χ1) is 15.2. The van der Waals surface area contributed by atoms with E-state index in [2.05, 4.69) is 111 Å². The zero-order valence-electron chi connectivity index (χ0n) is 17.1. The lowest BCUT2D eigenvalue weighted by atomic mass is 10.2. The molecular formula is C25H20Br2O3S2. The molecule has 0 bridgehead atoms. The molecule has 0 aliphatic carbocycles.